The van der Waals surface area contributed by atoms with Crippen LogP contribution in [0.5, 0.6) is 0 Å². The van der Waals surface area contributed by atoms with Crippen LogP contribution in [-0.2, 0) is 6.54 Å². The molecule has 34 heavy (non-hydrogen) atoms. The highest BCUT2D eigenvalue weighted by molar-refractivity contribution is 5.99. The van der Waals surface area contributed by atoms with E-state index in [4.69, 9.17) is 0 Å². The Morgan fingerprint density at radius 2 is 1.68 bits per heavy atom. The molecule has 2 aromatic carbocycles. The number of aromatic nitrogens is 1. The summed E-state index contributed by atoms with van der Waals surface area (Å²) in [7, 11) is 3.23. The monoisotopic (exact) mass is 459 g/mol. The van der Waals surface area contributed by atoms with E-state index in [1.165, 1.54) is 24.2 Å². The summed E-state index contributed by atoms with van der Waals surface area (Å²) in [4.78, 5) is 40.7. The zero-order valence-corrected chi connectivity index (χ0v) is 20.2. The predicted octanol–water partition coefficient (Wildman–Crippen LogP) is 4.77. The summed E-state index contributed by atoms with van der Waals surface area (Å²) in [6.07, 6.45) is 9.14. The number of hydrogen-bond donors (Lipinski definition) is 1. The zero-order chi connectivity index (χ0) is 24.2. The van der Waals surface area contributed by atoms with Crippen molar-refractivity contribution in [1.29, 1.82) is 0 Å². The number of carbonyl (C=O) groups is 2. The van der Waals surface area contributed by atoms with Gasteiger partial charge in [0.25, 0.3) is 11.8 Å². The second-order valence-electron chi connectivity index (χ2n) is 9.58. The summed E-state index contributed by atoms with van der Waals surface area (Å²) in [5.41, 5.74) is 0.498. The minimum absolute atomic E-state index is 0.00981. The molecular formula is C28H33N3O3. The molecule has 1 saturated carbocycles. The van der Waals surface area contributed by atoms with Crippen LogP contribution in [0.1, 0.15) is 71.3 Å². The Hall–Kier alpha value is -3.41. The van der Waals surface area contributed by atoms with Crippen molar-refractivity contribution in [2.45, 2.75) is 51.6 Å². The molecular weight excluding hydrogens is 426 g/mol. The first-order valence-electron chi connectivity index (χ1n) is 12.1. The van der Waals surface area contributed by atoms with E-state index < -0.39 is 11.3 Å². The van der Waals surface area contributed by atoms with E-state index in [0.717, 1.165) is 29.2 Å². The first-order valence-corrected chi connectivity index (χ1v) is 12.1. The lowest BCUT2D eigenvalue weighted by molar-refractivity contribution is 0.0825. The number of benzene rings is 2. The highest BCUT2D eigenvalue weighted by Gasteiger charge is 2.23. The average Bonchev–Trinajstić information content (AvgIpc) is 2.84. The minimum atomic E-state index is -0.527. The second-order valence-corrected chi connectivity index (χ2v) is 9.58. The van der Waals surface area contributed by atoms with Gasteiger partial charge in [-0.05, 0) is 42.0 Å². The Labute approximate surface area is 200 Å². The Balaban J connectivity index is 1.66. The van der Waals surface area contributed by atoms with Crippen LogP contribution in [0.3, 0.4) is 0 Å². The quantitative estimate of drug-likeness (QED) is 0.577. The van der Waals surface area contributed by atoms with E-state index >= 15 is 0 Å². The van der Waals surface area contributed by atoms with Crippen molar-refractivity contribution in [3.8, 4) is 0 Å². The second kappa shape index (κ2) is 10.2. The topological polar surface area (TPSA) is 71.4 Å². The molecule has 1 aliphatic carbocycles. The SMILES string of the molecule is C[C@H](NC(=O)c1cn(CC2CCCCC2)cc(C(=O)N(C)C)c1=O)c1cccc2ccccc12. The van der Waals surface area contributed by atoms with Crippen molar-refractivity contribution in [3.63, 3.8) is 0 Å². The first kappa shape index (κ1) is 23.7. The summed E-state index contributed by atoms with van der Waals surface area (Å²) >= 11 is 0. The maximum Gasteiger partial charge on any atom is 0.258 e. The molecule has 1 heterocycles. The summed E-state index contributed by atoms with van der Waals surface area (Å²) < 4.78 is 1.87. The fourth-order valence-electron chi connectivity index (χ4n) is 4.94. The summed E-state index contributed by atoms with van der Waals surface area (Å²) in [6, 6.07) is 13.7. The van der Waals surface area contributed by atoms with Gasteiger partial charge in [0, 0.05) is 33.0 Å². The van der Waals surface area contributed by atoms with Crippen molar-refractivity contribution in [3.05, 3.63) is 81.8 Å². The van der Waals surface area contributed by atoms with Crippen LogP contribution in [0.4, 0.5) is 0 Å². The van der Waals surface area contributed by atoms with Crippen LogP contribution in [-0.4, -0.2) is 35.4 Å². The Morgan fingerprint density at radius 1 is 1.00 bits per heavy atom. The van der Waals surface area contributed by atoms with Gasteiger partial charge in [0.05, 0.1) is 6.04 Å². The maximum atomic E-state index is 13.3. The zero-order valence-electron chi connectivity index (χ0n) is 20.2. The largest absolute Gasteiger partial charge is 0.352 e. The number of fused-ring (bicyclic) bond motifs is 1. The van der Waals surface area contributed by atoms with Gasteiger partial charge >= 0.3 is 0 Å². The molecule has 1 atom stereocenters. The summed E-state index contributed by atoms with van der Waals surface area (Å²) in [6.45, 7) is 2.61. The normalized spacial score (nSPS) is 15.1. The van der Waals surface area contributed by atoms with Gasteiger partial charge in [0.2, 0.25) is 5.43 Å². The molecule has 6 nitrogen and oxygen atoms in total. The number of nitrogens with zero attached hydrogens (tertiary/aromatic N) is 2. The third-order valence-corrected chi connectivity index (χ3v) is 6.79. The molecule has 3 aromatic rings. The number of amides is 2. The van der Waals surface area contributed by atoms with Gasteiger partial charge in [-0.15, -0.1) is 0 Å². The first-order chi connectivity index (χ1) is 16.3. The molecule has 0 saturated heterocycles. The summed E-state index contributed by atoms with van der Waals surface area (Å²) in [5.74, 6) is -0.362. The van der Waals surface area contributed by atoms with Crippen LogP contribution in [0.15, 0.2) is 59.7 Å². The van der Waals surface area contributed by atoms with Crippen molar-refractivity contribution in [2.75, 3.05) is 14.1 Å². The lowest BCUT2D eigenvalue weighted by Crippen LogP contribution is -2.36. The van der Waals surface area contributed by atoms with E-state index in [2.05, 4.69) is 5.32 Å². The van der Waals surface area contributed by atoms with Gasteiger partial charge in [0.15, 0.2) is 0 Å². The minimum Gasteiger partial charge on any atom is -0.352 e. The van der Waals surface area contributed by atoms with Gasteiger partial charge in [-0.2, -0.15) is 0 Å². The van der Waals surface area contributed by atoms with Crippen LogP contribution in [0.25, 0.3) is 10.8 Å². The molecule has 1 fully saturated rings. The number of carbonyl (C=O) groups excluding carboxylic acids is 2. The summed E-state index contributed by atoms with van der Waals surface area (Å²) in [5, 5.41) is 5.15. The highest BCUT2D eigenvalue weighted by Crippen LogP contribution is 2.26. The Morgan fingerprint density at radius 3 is 2.41 bits per heavy atom. The molecule has 6 heteroatoms. The van der Waals surface area contributed by atoms with Crippen molar-refractivity contribution >= 4 is 22.6 Å². The van der Waals surface area contributed by atoms with Crippen molar-refractivity contribution < 1.29 is 9.59 Å². The standard InChI is InChI=1S/C28H33N3O3/c1-19(22-15-9-13-21-12-7-8-14-23(21)22)29-27(33)24-17-31(16-20-10-5-4-6-11-20)18-25(26(24)32)28(34)30(2)3/h7-9,12-15,17-20H,4-6,10-11,16H2,1-3H3,(H,29,33)/t19-/m0/s1. The van der Waals surface area contributed by atoms with Gasteiger partial charge in [-0.1, -0.05) is 61.7 Å². The van der Waals surface area contributed by atoms with E-state index in [0.29, 0.717) is 12.5 Å². The third-order valence-electron chi connectivity index (χ3n) is 6.79. The fraction of sp³-hybridized carbons (Fsp3) is 0.393. The maximum absolute atomic E-state index is 13.3. The molecule has 0 spiro atoms. The van der Waals surface area contributed by atoms with Gasteiger partial charge in [-0.3, -0.25) is 14.4 Å². The van der Waals surface area contributed by atoms with Crippen LogP contribution in [0, 0.1) is 5.92 Å². The van der Waals surface area contributed by atoms with Gasteiger partial charge in [-0.25, -0.2) is 0 Å². The molecule has 1 aliphatic rings. The Kier molecular flexibility index (Phi) is 7.15. The smallest absolute Gasteiger partial charge is 0.258 e. The van der Waals surface area contributed by atoms with Crippen LogP contribution in [0.2, 0.25) is 0 Å². The van der Waals surface area contributed by atoms with Crippen molar-refractivity contribution in [2.24, 2.45) is 5.92 Å². The van der Waals surface area contributed by atoms with E-state index in [9.17, 15) is 14.4 Å². The van der Waals surface area contributed by atoms with E-state index in [-0.39, 0.29) is 23.1 Å². The molecule has 178 valence electrons. The molecule has 2 amide bonds. The predicted molar refractivity (Wildman–Crippen MR) is 135 cm³/mol. The molecule has 1 N–H and O–H groups in total. The molecule has 0 unspecified atom stereocenters. The molecule has 0 radical (unpaired) electrons. The van der Waals surface area contributed by atoms with Gasteiger partial charge in [0.1, 0.15) is 11.1 Å². The number of rotatable bonds is 6. The lowest BCUT2D eigenvalue weighted by Gasteiger charge is -2.24. The molecule has 4 rings (SSSR count). The van der Waals surface area contributed by atoms with Crippen LogP contribution >= 0.6 is 0 Å². The number of pyridine rings is 1. The lowest BCUT2D eigenvalue weighted by atomic mass is 9.89. The molecule has 1 aromatic heterocycles. The van der Waals surface area contributed by atoms with E-state index in [1.807, 2.05) is 54.0 Å². The fourth-order valence-corrected chi connectivity index (χ4v) is 4.94. The number of hydrogen-bond acceptors (Lipinski definition) is 3. The average molecular weight is 460 g/mol. The van der Waals surface area contributed by atoms with Crippen molar-refractivity contribution in [1.82, 2.24) is 14.8 Å². The Bertz CT molecular complexity index is 1250. The highest BCUT2D eigenvalue weighted by atomic mass is 16.2. The molecule has 0 bridgehead atoms. The van der Waals surface area contributed by atoms with Crippen LogP contribution < -0.4 is 10.7 Å². The third kappa shape index (κ3) is 5.06. The molecule has 0 aliphatic heterocycles. The van der Waals surface area contributed by atoms with E-state index in [1.54, 1.807) is 26.5 Å². The number of nitrogens with one attached hydrogen (secondary N) is 1. The van der Waals surface area contributed by atoms with Gasteiger partial charge < -0.3 is 14.8 Å².